The molecule has 1 aromatic rings. The number of para-hydroxylation sites is 1. The zero-order chi connectivity index (χ0) is 13.7. The molecule has 1 aliphatic carbocycles. The Labute approximate surface area is 115 Å². The maximum absolute atomic E-state index is 9.26. The summed E-state index contributed by atoms with van der Waals surface area (Å²) in [5.74, 6) is 1.54. The summed E-state index contributed by atoms with van der Waals surface area (Å²) in [5, 5.41) is 9.26. The number of aliphatic hydroxyl groups excluding tert-OH is 1. The van der Waals surface area contributed by atoms with E-state index >= 15 is 0 Å². The second-order valence-corrected chi connectivity index (χ2v) is 5.41. The molecule has 19 heavy (non-hydrogen) atoms. The molecule has 1 fully saturated rings. The van der Waals surface area contributed by atoms with E-state index in [1.54, 1.807) is 0 Å². The Kier molecular flexibility index (Phi) is 5.19. The van der Waals surface area contributed by atoms with Gasteiger partial charge >= 0.3 is 0 Å². The molecule has 0 bridgehead atoms. The van der Waals surface area contributed by atoms with Crippen LogP contribution in [0.4, 0.5) is 0 Å². The molecule has 1 saturated carbocycles. The summed E-state index contributed by atoms with van der Waals surface area (Å²) in [6.07, 6.45) is 1.83. The van der Waals surface area contributed by atoms with Crippen molar-refractivity contribution < 1.29 is 9.84 Å². The minimum atomic E-state index is -0.0638. The number of hydrogen-bond donors (Lipinski definition) is 2. The van der Waals surface area contributed by atoms with Crippen LogP contribution < -0.4 is 10.5 Å². The summed E-state index contributed by atoms with van der Waals surface area (Å²) in [5.41, 5.74) is 6.72. The number of ether oxygens (including phenoxy) is 1. The molecule has 0 unspecified atom stereocenters. The SMILES string of the molecule is CN(CCOc1ccccc1CN)CC1CC(O)C1. The highest BCUT2D eigenvalue weighted by atomic mass is 16.5. The summed E-state index contributed by atoms with van der Waals surface area (Å²) < 4.78 is 5.78. The smallest absolute Gasteiger partial charge is 0.123 e. The van der Waals surface area contributed by atoms with E-state index in [2.05, 4.69) is 11.9 Å². The van der Waals surface area contributed by atoms with E-state index < -0.39 is 0 Å². The van der Waals surface area contributed by atoms with Crippen molar-refractivity contribution >= 4 is 0 Å². The highest BCUT2D eigenvalue weighted by Crippen LogP contribution is 2.27. The normalized spacial score (nSPS) is 22.3. The number of nitrogens with zero attached hydrogens (tertiary/aromatic N) is 1. The van der Waals surface area contributed by atoms with Crippen molar-refractivity contribution in [3.8, 4) is 5.75 Å². The number of aliphatic hydroxyl groups is 1. The Morgan fingerprint density at radius 3 is 2.79 bits per heavy atom. The van der Waals surface area contributed by atoms with Crippen LogP contribution in [-0.4, -0.2) is 42.9 Å². The van der Waals surface area contributed by atoms with E-state index in [-0.39, 0.29) is 6.10 Å². The monoisotopic (exact) mass is 264 g/mol. The summed E-state index contributed by atoms with van der Waals surface area (Å²) in [7, 11) is 2.10. The Morgan fingerprint density at radius 2 is 2.11 bits per heavy atom. The van der Waals surface area contributed by atoms with E-state index in [0.717, 1.165) is 37.2 Å². The Morgan fingerprint density at radius 1 is 1.37 bits per heavy atom. The molecular formula is C15H24N2O2. The first-order valence-corrected chi connectivity index (χ1v) is 6.96. The van der Waals surface area contributed by atoms with Crippen molar-refractivity contribution in [1.29, 1.82) is 0 Å². The van der Waals surface area contributed by atoms with Crippen molar-refractivity contribution in [2.45, 2.75) is 25.5 Å². The molecule has 0 amide bonds. The molecule has 0 radical (unpaired) electrons. The van der Waals surface area contributed by atoms with E-state index in [1.165, 1.54) is 0 Å². The van der Waals surface area contributed by atoms with Crippen LogP contribution in [0.25, 0.3) is 0 Å². The van der Waals surface area contributed by atoms with E-state index in [0.29, 0.717) is 19.1 Å². The maximum Gasteiger partial charge on any atom is 0.123 e. The summed E-state index contributed by atoms with van der Waals surface area (Å²) >= 11 is 0. The van der Waals surface area contributed by atoms with Gasteiger partial charge in [-0.05, 0) is 31.9 Å². The molecule has 0 aromatic heterocycles. The van der Waals surface area contributed by atoms with Gasteiger partial charge in [-0.15, -0.1) is 0 Å². The van der Waals surface area contributed by atoms with Crippen LogP contribution in [-0.2, 0) is 6.54 Å². The van der Waals surface area contributed by atoms with Gasteiger partial charge in [0.05, 0.1) is 6.10 Å². The highest BCUT2D eigenvalue weighted by molar-refractivity contribution is 5.32. The molecule has 3 N–H and O–H groups in total. The van der Waals surface area contributed by atoms with Crippen molar-refractivity contribution in [3.63, 3.8) is 0 Å². The van der Waals surface area contributed by atoms with Gasteiger partial charge in [0, 0.05) is 25.2 Å². The lowest BCUT2D eigenvalue weighted by molar-refractivity contribution is 0.0269. The molecule has 4 heteroatoms. The Hall–Kier alpha value is -1.10. The molecule has 106 valence electrons. The lowest BCUT2D eigenvalue weighted by atomic mass is 9.82. The quantitative estimate of drug-likeness (QED) is 0.777. The van der Waals surface area contributed by atoms with Gasteiger partial charge in [0.15, 0.2) is 0 Å². The molecule has 2 rings (SSSR count). The second-order valence-electron chi connectivity index (χ2n) is 5.41. The van der Waals surface area contributed by atoms with Gasteiger partial charge < -0.3 is 20.5 Å². The lowest BCUT2D eigenvalue weighted by Crippen LogP contribution is -2.38. The van der Waals surface area contributed by atoms with E-state index in [1.807, 2.05) is 24.3 Å². The number of rotatable bonds is 7. The zero-order valence-electron chi connectivity index (χ0n) is 11.6. The maximum atomic E-state index is 9.26. The first-order valence-electron chi connectivity index (χ1n) is 6.96. The third-order valence-corrected chi connectivity index (χ3v) is 3.70. The van der Waals surface area contributed by atoms with Gasteiger partial charge in [0.25, 0.3) is 0 Å². The van der Waals surface area contributed by atoms with Gasteiger partial charge in [0.2, 0.25) is 0 Å². The Balaban J connectivity index is 1.68. The average Bonchev–Trinajstić information content (AvgIpc) is 2.37. The molecule has 1 aromatic carbocycles. The van der Waals surface area contributed by atoms with Crippen LogP contribution in [0.3, 0.4) is 0 Å². The fourth-order valence-electron chi connectivity index (χ4n) is 2.51. The molecule has 4 nitrogen and oxygen atoms in total. The van der Waals surface area contributed by atoms with Crippen LogP contribution in [0.5, 0.6) is 5.75 Å². The molecule has 0 saturated heterocycles. The molecule has 0 spiro atoms. The van der Waals surface area contributed by atoms with Crippen molar-refractivity contribution in [1.82, 2.24) is 4.90 Å². The highest BCUT2D eigenvalue weighted by Gasteiger charge is 2.27. The summed E-state index contributed by atoms with van der Waals surface area (Å²) in [6, 6.07) is 7.90. The molecule has 1 aliphatic rings. The number of nitrogens with two attached hydrogens (primary N) is 1. The van der Waals surface area contributed by atoms with Gasteiger partial charge in [-0.1, -0.05) is 18.2 Å². The first-order chi connectivity index (χ1) is 9.19. The standard InChI is InChI=1S/C15H24N2O2/c1-17(11-12-8-14(18)9-12)6-7-19-15-5-3-2-4-13(15)10-16/h2-5,12,14,18H,6-11,16H2,1H3. The van der Waals surface area contributed by atoms with Crippen LogP contribution in [0.15, 0.2) is 24.3 Å². The molecular weight excluding hydrogens is 240 g/mol. The zero-order valence-corrected chi connectivity index (χ0v) is 11.6. The van der Waals surface area contributed by atoms with E-state index in [9.17, 15) is 5.11 Å². The third-order valence-electron chi connectivity index (χ3n) is 3.70. The Bertz CT molecular complexity index is 391. The largest absolute Gasteiger partial charge is 0.492 e. The van der Waals surface area contributed by atoms with Crippen molar-refractivity contribution in [3.05, 3.63) is 29.8 Å². The number of benzene rings is 1. The molecule has 0 aliphatic heterocycles. The summed E-state index contributed by atoms with van der Waals surface area (Å²) in [4.78, 5) is 2.27. The van der Waals surface area contributed by atoms with Crippen LogP contribution >= 0.6 is 0 Å². The minimum absolute atomic E-state index is 0.0638. The predicted molar refractivity (Wildman–Crippen MR) is 76.1 cm³/mol. The van der Waals surface area contributed by atoms with Gasteiger partial charge in [-0.25, -0.2) is 0 Å². The van der Waals surface area contributed by atoms with Crippen molar-refractivity contribution in [2.24, 2.45) is 11.7 Å². The van der Waals surface area contributed by atoms with Gasteiger partial charge in [0.1, 0.15) is 12.4 Å². The van der Waals surface area contributed by atoms with E-state index in [4.69, 9.17) is 10.5 Å². The fraction of sp³-hybridized carbons (Fsp3) is 0.600. The van der Waals surface area contributed by atoms with Crippen LogP contribution in [0, 0.1) is 5.92 Å². The number of likely N-dealkylation sites (N-methyl/N-ethyl adjacent to an activating group) is 1. The lowest BCUT2D eigenvalue weighted by Gasteiger charge is -2.34. The molecule has 0 atom stereocenters. The minimum Gasteiger partial charge on any atom is -0.492 e. The van der Waals surface area contributed by atoms with Crippen LogP contribution in [0.2, 0.25) is 0 Å². The average molecular weight is 264 g/mol. The first kappa shape index (κ1) is 14.3. The summed E-state index contributed by atoms with van der Waals surface area (Å²) in [6.45, 7) is 3.11. The molecule has 0 heterocycles. The number of hydrogen-bond acceptors (Lipinski definition) is 4. The van der Waals surface area contributed by atoms with Gasteiger partial charge in [-0.3, -0.25) is 0 Å². The topological polar surface area (TPSA) is 58.7 Å². The van der Waals surface area contributed by atoms with Gasteiger partial charge in [-0.2, -0.15) is 0 Å². The fourth-order valence-corrected chi connectivity index (χ4v) is 2.51. The second kappa shape index (κ2) is 6.89. The predicted octanol–water partition coefficient (Wildman–Crippen LogP) is 1.23. The van der Waals surface area contributed by atoms with Crippen molar-refractivity contribution in [2.75, 3.05) is 26.7 Å². The van der Waals surface area contributed by atoms with Crippen LogP contribution in [0.1, 0.15) is 18.4 Å². The third kappa shape index (κ3) is 4.20.